The van der Waals surface area contributed by atoms with Crippen LogP contribution in [0.2, 0.25) is 0 Å². The molecule has 2 unspecified atom stereocenters. The van der Waals surface area contributed by atoms with Crippen molar-refractivity contribution in [3.63, 3.8) is 0 Å². The molecule has 0 aromatic heterocycles. The van der Waals surface area contributed by atoms with Gasteiger partial charge in [-0.15, -0.1) is 0 Å². The number of benzene rings is 1. The number of nitrogens with zero attached hydrogens (tertiary/aromatic N) is 1. The summed E-state index contributed by atoms with van der Waals surface area (Å²) >= 11 is 0. The number of hydrogen-bond acceptors (Lipinski definition) is 5. The van der Waals surface area contributed by atoms with Crippen LogP contribution in [0.5, 0.6) is 0 Å². The van der Waals surface area contributed by atoms with Crippen molar-refractivity contribution < 1.29 is 22.3 Å². The first kappa shape index (κ1) is 26.5. The van der Waals surface area contributed by atoms with Gasteiger partial charge in [-0.3, -0.25) is 4.79 Å². The van der Waals surface area contributed by atoms with Crippen LogP contribution in [0.15, 0.2) is 12.1 Å². The molecule has 0 spiro atoms. The van der Waals surface area contributed by atoms with E-state index in [0.717, 1.165) is 5.69 Å². The normalized spacial score (nSPS) is 19.8. The molecule has 2 N–H and O–H groups in total. The molecule has 182 valence electrons. The number of amides is 1. The molecule has 9 heteroatoms. The van der Waals surface area contributed by atoms with Crippen molar-refractivity contribution in [3.05, 3.63) is 23.5 Å². The van der Waals surface area contributed by atoms with E-state index < -0.39 is 20.6 Å². The minimum Gasteiger partial charge on any atom is -0.372 e. The molecule has 1 aromatic carbocycles. The van der Waals surface area contributed by atoms with Crippen LogP contribution in [-0.2, 0) is 26.0 Å². The number of hydrogen-bond donors (Lipinski definition) is 2. The lowest BCUT2D eigenvalue weighted by molar-refractivity contribution is -0.116. The zero-order valence-electron chi connectivity index (χ0n) is 20.1. The minimum atomic E-state index is -3.39. The number of sulfonamides is 1. The first-order valence-corrected chi connectivity index (χ1v) is 12.8. The molecule has 1 aliphatic rings. The zero-order chi connectivity index (χ0) is 24.1. The predicted octanol–water partition coefficient (Wildman–Crippen LogP) is 3.83. The number of carbonyl (C=O) groups excluding carboxylic acids is 1. The molecule has 0 saturated carbocycles. The van der Waals surface area contributed by atoms with Crippen molar-refractivity contribution in [1.82, 2.24) is 4.72 Å². The van der Waals surface area contributed by atoms with Crippen molar-refractivity contribution >= 4 is 27.3 Å². The third kappa shape index (κ3) is 6.89. The first-order chi connectivity index (χ1) is 14.9. The Bertz CT molecular complexity index is 889. The third-order valence-corrected chi connectivity index (χ3v) is 7.73. The number of unbranched alkanes of at least 4 members (excludes halogenated alkanes) is 1. The molecule has 0 radical (unpaired) electrons. The fraction of sp³-hybridized carbons (Fsp3) is 0.696. The number of halogens is 1. The molecule has 7 nitrogen and oxygen atoms in total. The molecule has 2 rings (SSSR count). The van der Waals surface area contributed by atoms with E-state index >= 15 is 4.39 Å². The maximum atomic E-state index is 15.2. The van der Waals surface area contributed by atoms with E-state index in [4.69, 9.17) is 4.74 Å². The molecule has 1 amide bonds. The number of ether oxygens (including phenoxy) is 1. The molecule has 32 heavy (non-hydrogen) atoms. The van der Waals surface area contributed by atoms with Crippen molar-refractivity contribution in [2.75, 3.05) is 29.9 Å². The summed E-state index contributed by atoms with van der Waals surface area (Å²) in [4.78, 5) is 14.5. The fourth-order valence-corrected chi connectivity index (χ4v) is 4.61. The minimum absolute atomic E-state index is 0.0683. The average molecular weight is 472 g/mol. The topological polar surface area (TPSA) is 87.7 Å². The summed E-state index contributed by atoms with van der Waals surface area (Å²) in [6.45, 7) is 12.5. The van der Waals surface area contributed by atoms with E-state index in [2.05, 4.69) is 14.9 Å². The monoisotopic (exact) mass is 471 g/mol. The van der Waals surface area contributed by atoms with E-state index in [0.29, 0.717) is 37.9 Å². The number of rotatable bonds is 9. The predicted molar refractivity (Wildman–Crippen MR) is 127 cm³/mol. The van der Waals surface area contributed by atoms with Crippen LogP contribution in [0.1, 0.15) is 66.4 Å². The Kier molecular flexibility index (Phi) is 9.07. The molecular formula is C23H38FN3O4S. The lowest BCUT2D eigenvalue weighted by Crippen LogP contribution is -2.46. The Hall–Kier alpha value is -1.71. The number of nitrogens with one attached hydrogen (secondary N) is 2. The van der Waals surface area contributed by atoms with Crippen LogP contribution < -0.4 is 14.9 Å². The summed E-state index contributed by atoms with van der Waals surface area (Å²) in [6, 6.07) is 3.48. The Morgan fingerprint density at radius 2 is 1.81 bits per heavy atom. The number of morpholine rings is 1. The van der Waals surface area contributed by atoms with Crippen molar-refractivity contribution in [3.8, 4) is 0 Å². The summed E-state index contributed by atoms with van der Waals surface area (Å²) in [5.74, 6) is -0.686. The summed E-state index contributed by atoms with van der Waals surface area (Å²) in [7, 11) is -3.39. The standard InChI is InChI=1S/C23H38FN3O4S/c1-7-18-20(27-14-16(2)31-17(3)15-27)12-11-19(22(18)24)26-21(28)10-8-9-13-25-32(29,30)23(4,5)6/h11-12,16-17,25H,7-10,13-15H2,1-6H3,(H,26,28). The lowest BCUT2D eigenvalue weighted by atomic mass is 10.1. The fourth-order valence-electron chi connectivity index (χ4n) is 3.76. The van der Waals surface area contributed by atoms with Gasteiger partial charge in [0, 0.05) is 37.3 Å². The van der Waals surface area contributed by atoms with E-state index in [1.807, 2.05) is 26.8 Å². The molecule has 0 bridgehead atoms. The number of carbonyl (C=O) groups is 1. The van der Waals surface area contributed by atoms with Gasteiger partial charge in [-0.2, -0.15) is 0 Å². The van der Waals surface area contributed by atoms with Gasteiger partial charge in [0.2, 0.25) is 15.9 Å². The highest BCUT2D eigenvalue weighted by molar-refractivity contribution is 7.90. The van der Waals surface area contributed by atoms with Gasteiger partial charge < -0.3 is 15.0 Å². The second-order valence-corrected chi connectivity index (χ2v) is 12.0. The van der Waals surface area contributed by atoms with Gasteiger partial charge in [0.1, 0.15) is 0 Å². The van der Waals surface area contributed by atoms with Crippen LogP contribution in [0, 0.1) is 5.82 Å². The Balaban J connectivity index is 1.93. The molecule has 1 fully saturated rings. The average Bonchev–Trinajstić information content (AvgIpc) is 2.67. The largest absolute Gasteiger partial charge is 0.372 e. The second-order valence-electron chi connectivity index (χ2n) is 9.46. The molecule has 1 saturated heterocycles. The van der Waals surface area contributed by atoms with Crippen molar-refractivity contribution in [2.24, 2.45) is 0 Å². The molecular weight excluding hydrogens is 433 g/mol. The van der Waals surface area contributed by atoms with Gasteiger partial charge >= 0.3 is 0 Å². The summed E-state index contributed by atoms with van der Waals surface area (Å²) < 4.78 is 46.7. The van der Waals surface area contributed by atoms with E-state index in [1.54, 1.807) is 26.8 Å². The Labute approximate surface area is 192 Å². The third-order valence-electron chi connectivity index (χ3n) is 5.54. The van der Waals surface area contributed by atoms with Crippen molar-refractivity contribution in [2.45, 2.75) is 84.2 Å². The van der Waals surface area contributed by atoms with Gasteiger partial charge in [0.15, 0.2) is 5.82 Å². The maximum absolute atomic E-state index is 15.2. The first-order valence-electron chi connectivity index (χ1n) is 11.4. The summed E-state index contributed by atoms with van der Waals surface area (Å²) in [5, 5.41) is 2.67. The van der Waals surface area contributed by atoms with Crippen LogP contribution >= 0.6 is 0 Å². The van der Waals surface area contributed by atoms with Crippen molar-refractivity contribution in [1.29, 1.82) is 0 Å². The SMILES string of the molecule is CCc1c(N2CC(C)OC(C)C2)ccc(NC(=O)CCCCNS(=O)(=O)C(C)(C)C)c1F. The van der Waals surface area contributed by atoms with Gasteiger partial charge in [-0.1, -0.05) is 6.92 Å². The summed E-state index contributed by atoms with van der Waals surface area (Å²) in [6.07, 6.45) is 1.87. The Morgan fingerprint density at radius 3 is 2.38 bits per heavy atom. The molecule has 0 aliphatic carbocycles. The second kappa shape index (κ2) is 10.9. The quantitative estimate of drug-likeness (QED) is 0.535. The van der Waals surface area contributed by atoms with Crippen LogP contribution in [0.3, 0.4) is 0 Å². The van der Waals surface area contributed by atoms with Crippen LogP contribution in [0.25, 0.3) is 0 Å². The van der Waals surface area contributed by atoms with Gasteiger partial charge in [0.05, 0.1) is 22.6 Å². The number of anilines is 2. The van der Waals surface area contributed by atoms with E-state index in [1.165, 1.54) is 0 Å². The van der Waals surface area contributed by atoms with Gasteiger partial charge in [-0.05, 0) is 66.0 Å². The van der Waals surface area contributed by atoms with Gasteiger partial charge in [-0.25, -0.2) is 17.5 Å². The van der Waals surface area contributed by atoms with E-state index in [9.17, 15) is 13.2 Å². The molecule has 1 aromatic rings. The van der Waals surface area contributed by atoms with Crippen LogP contribution in [-0.4, -0.2) is 50.9 Å². The van der Waals surface area contributed by atoms with Crippen LogP contribution in [0.4, 0.5) is 15.8 Å². The summed E-state index contributed by atoms with van der Waals surface area (Å²) in [5.41, 5.74) is 1.61. The smallest absolute Gasteiger partial charge is 0.224 e. The molecule has 1 heterocycles. The highest BCUT2D eigenvalue weighted by Crippen LogP contribution is 2.31. The molecule has 1 aliphatic heterocycles. The zero-order valence-corrected chi connectivity index (χ0v) is 20.9. The van der Waals surface area contributed by atoms with Gasteiger partial charge in [0.25, 0.3) is 0 Å². The Morgan fingerprint density at radius 1 is 1.19 bits per heavy atom. The highest BCUT2D eigenvalue weighted by Gasteiger charge is 2.28. The maximum Gasteiger partial charge on any atom is 0.224 e. The van der Waals surface area contributed by atoms with E-state index in [-0.39, 0.29) is 36.8 Å². The lowest BCUT2D eigenvalue weighted by Gasteiger charge is -2.38. The molecule has 2 atom stereocenters. The highest BCUT2D eigenvalue weighted by atomic mass is 32.2.